The molecule has 1 N–H and O–H groups in total. The summed E-state index contributed by atoms with van der Waals surface area (Å²) in [4.78, 5) is 12.4. The van der Waals surface area contributed by atoms with Gasteiger partial charge in [0, 0.05) is 25.1 Å². The van der Waals surface area contributed by atoms with E-state index in [2.05, 4.69) is 5.32 Å². The van der Waals surface area contributed by atoms with Gasteiger partial charge in [-0.2, -0.15) is 4.31 Å². The highest BCUT2D eigenvalue weighted by molar-refractivity contribution is 7.88. The summed E-state index contributed by atoms with van der Waals surface area (Å²) >= 11 is 0. The van der Waals surface area contributed by atoms with Gasteiger partial charge < -0.3 is 14.8 Å². The minimum Gasteiger partial charge on any atom is -0.497 e. The zero-order valence-electron chi connectivity index (χ0n) is 15.7. The normalized spacial score (nSPS) is 15.7. The van der Waals surface area contributed by atoms with Crippen LogP contribution in [-0.2, 0) is 14.8 Å². The molecule has 1 amide bonds. The van der Waals surface area contributed by atoms with Gasteiger partial charge in [0.2, 0.25) is 15.9 Å². The zero-order chi connectivity index (χ0) is 19.2. The van der Waals surface area contributed by atoms with Crippen molar-refractivity contribution < 1.29 is 22.7 Å². The number of hydrogen-bond acceptors (Lipinski definition) is 5. The minimum atomic E-state index is -3.35. The highest BCUT2D eigenvalue weighted by atomic mass is 32.2. The summed E-state index contributed by atoms with van der Waals surface area (Å²) in [6, 6.07) is 5.12. The van der Waals surface area contributed by atoms with Gasteiger partial charge in [-0.25, -0.2) is 8.42 Å². The molecule has 0 heterocycles. The number of nitrogens with one attached hydrogen (secondary N) is 1. The van der Waals surface area contributed by atoms with Crippen LogP contribution in [0.3, 0.4) is 0 Å². The van der Waals surface area contributed by atoms with Crippen molar-refractivity contribution >= 4 is 21.6 Å². The summed E-state index contributed by atoms with van der Waals surface area (Å²) in [7, 11) is -0.285. The number of methoxy groups -OCH3 is 2. The minimum absolute atomic E-state index is 0.00194. The summed E-state index contributed by atoms with van der Waals surface area (Å²) in [6.07, 6.45) is 6.23. The Hall–Kier alpha value is -1.80. The fourth-order valence-corrected chi connectivity index (χ4v) is 4.50. The highest BCUT2D eigenvalue weighted by Crippen LogP contribution is 2.29. The maximum Gasteiger partial charge on any atom is 0.225 e. The third-order valence-electron chi connectivity index (χ3n) is 4.65. The van der Waals surface area contributed by atoms with Crippen LogP contribution in [0.1, 0.15) is 38.5 Å². The lowest BCUT2D eigenvalue weighted by Crippen LogP contribution is -2.42. The fraction of sp³-hybridized carbons (Fsp3) is 0.611. The second-order valence-corrected chi connectivity index (χ2v) is 8.46. The van der Waals surface area contributed by atoms with E-state index in [9.17, 15) is 13.2 Å². The molecule has 1 aromatic rings. The molecule has 8 heteroatoms. The molecular weight excluding hydrogens is 356 g/mol. The molecule has 1 fully saturated rings. The maximum atomic E-state index is 12.4. The molecule has 1 saturated carbocycles. The van der Waals surface area contributed by atoms with E-state index in [1.165, 1.54) is 17.7 Å². The van der Waals surface area contributed by atoms with Crippen molar-refractivity contribution in [3.8, 4) is 11.5 Å². The van der Waals surface area contributed by atoms with Crippen molar-refractivity contribution in [1.29, 1.82) is 0 Å². The number of ether oxygens (including phenoxy) is 2. The molecule has 0 radical (unpaired) electrons. The number of amides is 1. The average Bonchev–Trinajstić information content (AvgIpc) is 2.61. The first-order valence-electron chi connectivity index (χ1n) is 8.84. The van der Waals surface area contributed by atoms with E-state index in [0.717, 1.165) is 32.1 Å². The Morgan fingerprint density at radius 1 is 1.19 bits per heavy atom. The molecule has 146 valence electrons. The van der Waals surface area contributed by atoms with Crippen molar-refractivity contribution in [2.75, 3.05) is 32.3 Å². The zero-order valence-corrected chi connectivity index (χ0v) is 16.5. The van der Waals surface area contributed by atoms with Crippen LogP contribution in [0.15, 0.2) is 18.2 Å². The second kappa shape index (κ2) is 9.23. The van der Waals surface area contributed by atoms with Gasteiger partial charge in [-0.1, -0.05) is 19.3 Å². The first-order valence-corrected chi connectivity index (χ1v) is 10.7. The smallest absolute Gasteiger partial charge is 0.225 e. The number of benzene rings is 1. The van der Waals surface area contributed by atoms with Gasteiger partial charge in [-0.15, -0.1) is 0 Å². The predicted molar refractivity (Wildman–Crippen MR) is 101 cm³/mol. The van der Waals surface area contributed by atoms with Crippen molar-refractivity contribution in [1.82, 2.24) is 4.31 Å². The van der Waals surface area contributed by atoms with Crippen molar-refractivity contribution in [3.63, 3.8) is 0 Å². The second-order valence-electron chi connectivity index (χ2n) is 6.53. The molecule has 0 aliphatic heterocycles. The van der Waals surface area contributed by atoms with E-state index >= 15 is 0 Å². The van der Waals surface area contributed by atoms with Gasteiger partial charge in [-0.05, 0) is 25.0 Å². The van der Waals surface area contributed by atoms with E-state index in [1.54, 1.807) is 25.3 Å². The molecule has 2 rings (SSSR count). The van der Waals surface area contributed by atoms with E-state index in [0.29, 0.717) is 17.2 Å². The summed E-state index contributed by atoms with van der Waals surface area (Å²) < 4.78 is 36.2. The van der Waals surface area contributed by atoms with E-state index in [-0.39, 0.29) is 24.9 Å². The standard InChI is InChI=1S/C18H28N2O5S/c1-24-15-9-10-17(25-2)16(13-15)19-18(21)11-12-20(26(3,22)23)14-7-5-4-6-8-14/h9-10,13-14H,4-8,11-12H2,1-3H3,(H,19,21). The first-order chi connectivity index (χ1) is 12.3. The molecule has 1 aromatic carbocycles. The Labute approximate surface area is 155 Å². The van der Waals surface area contributed by atoms with Gasteiger partial charge in [-0.3, -0.25) is 4.79 Å². The van der Waals surface area contributed by atoms with E-state index in [1.807, 2.05) is 0 Å². The Balaban J connectivity index is 2.02. The lowest BCUT2D eigenvalue weighted by Gasteiger charge is -2.32. The van der Waals surface area contributed by atoms with Crippen molar-refractivity contribution in [3.05, 3.63) is 18.2 Å². The number of anilines is 1. The molecule has 0 spiro atoms. The van der Waals surface area contributed by atoms with Crippen molar-refractivity contribution in [2.45, 2.75) is 44.6 Å². The highest BCUT2D eigenvalue weighted by Gasteiger charge is 2.28. The molecule has 0 aromatic heterocycles. The van der Waals surface area contributed by atoms with E-state index < -0.39 is 10.0 Å². The molecule has 0 bridgehead atoms. The molecule has 1 aliphatic carbocycles. The van der Waals surface area contributed by atoms with Crippen LogP contribution in [0, 0.1) is 0 Å². The topological polar surface area (TPSA) is 84.9 Å². The summed E-state index contributed by atoms with van der Waals surface area (Å²) in [6.45, 7) is 0.182. The summed E-state index contributed by atoms with van der Waals surface area (Å²) in [5.41, 5.74) is 0.500. The third-order valence-corrected chi connectivity index (χ3v) is 5.98. The largest absolute Gasteiger partial charge is 0.497 e. The van der Waals surface area contributed by atoms with Gasteiger partial charge in [0.1, 0.15) is 11.5 Å². The van der Waals surface area contributed by atoms with Crippen molar-refractivity contribution in [2.24, 2.45) is 0 Å². The predicted octanol–water partition coefficient (Wildman–Crippen LogP) is 2.63. The quantitative estimate of drug-likeness (QED) is 0.745. The number of carbonyl (C=O) groups excluding carboxylic acids is 1. The van der Waals surface area contributed by atoms with Crippen LogP contribution in [0.5, 0.6) is 11.5 Å². The summed E-state index contributed by atoms with van der Waals surface area (Å²) in [5, 5.41) is 2.78. The van der Waals surface area contributed by atoms with Gasteiger partial charge in [0.25, 0.3) is 0 Å². The number of hydrogen-bond donors (Lipinski definition) is 1. The average molecular weight is 384 g/mol. The van der Waals surface area contributed by atoms with Gasteiger partial charge in [0.15, 0.2) is 0 Å². The Kier molecular flexibility index (Phi) is 7.28. The van der Waals surface area contributed by atoms with Crippen LogP contribution < -0.4 is 14.8 Å². The first kappa shape index (κ1) is 20.5. The Morgan fingerprint density at radius 2 is 1.88 bits per heavy atom. The number of rotatable bonds is 8. The maximum absolute atomic E-state index is 12.4. The Morgan fingerprint density at radius 3 is 2.46 bits per heavy atom. The number of carbonyl (C=O) groups is 1. The molecule has 26 heavy (non-hydrogen) atoms. The van der Waals surface area contributed by atoms with Crippen LogP contribution in [0.2, 0.25) is 0 Å². The third kappa shape index (κ3) is 5.60. The SMILES string of the molecule is COc1ccc(OC)c(NC(=O)CCN(C2CCCCC2)S(C)(=O)=O)c1. The lowest BCUT2D eigenvalue weighted by atomic mass is 9.95. The lowest BCUT2D eigenvalue weighted by molar-refractivity contribution is -0.116. The van der Waals surface area contributed by atoms with Crippen LogP contribution in [0.25, 0.3) is 0 Å². The number of nitrogens with zero attached hydrogens (tertiary/aromatic N) is 1. The van der Waals surface area contributed by atoms with E-state index in [4.69, 9.17) is 9.47 Å². The molecule has 7 nitrogen and oxygen atoms in total. The molecule has 0 atom stereocenters. The monoisotopic (exact) mass is 384 g/mol. The fourth-order valence-electron chi connectivity index (χ4n) is 3.32. The summed E-state index contributed by atoms with van der Waals surface area (Å²) in [5.74, 6) is 0.855. The Bertz CT molecular complexity index is 714. The van der Waals surface area contributed by atoms with Gasteiger partial charge >= 0.3 is 0 Å². The molecular formula is C18H28N2O5S. The van der Waals surface area contributed by atoms with Gasteiger partial charge in [0.05, 0.1) is 26.2 Å². The van der Waals surface area contributed by atoms with Crippen LogP contribution in [-0.4, -0.2) is 51.7 Å². The molecule has 0 unspecified atom stereocenters. The molecule has 0 saturated heterocycles. The van der Waals surface area contributed by atoms with Crippen LogP contribution >= 0.6 is 0 Å². The van der Waals surface area contributed by atoms with Crippen LogP contribution in [0.4, 0.5) is 5.69 Å². The molecule has 1 aliphatic rings. The number of sulfonamides is 1.